The van der Waals surface area contributed by atoms with E-state index in [1.165, 1.54) is 0 Å². The van der Waals surface area contributed by atoms with Crippen molar-refractivity contribution >= 4 is 6.34 Å². The number of nitrogens with zero attached hydrogens (tertiary/aromatic N) is 2. The summed E-state index contributed by atoms with van der Waals surface area (Å²) >= 11 is 0. The predicted octanol–water partition coefficient (Wildman–Crippen LogP) is -2.17. The Morgan fingerprint density at radius 2 is 2.50 bits per heavy atom. The lowest BCUT2D eigenvalue weighted by Crippen LogP contribution is -3.00. The van der Waals surface area contributed by atoms with Gasteiger partial charge in [0.1, 0.15) is 0 Å². The van der Waals surface area contributed by atoms with E-state index in [4.69, 9.17) is 0 Å². The van der Waals surface area contributed by atoms with Crippen LogP contribution in [0.2, 0.25) is 0 Å². The van der Waals surface area contributed by atoms with Crippen LogP contribution in [0.5, 0.6) is 0 Å². The summed E-state index contributed by atoms with van der Waals surface area (Å²) in [6.07, 6.45) is 7.69. The Labute approximate surface area is 54.6 Å². The van der Waals surface area contributed by atoms with E-state index in [0.29, 0.717) is 0 Å². The molecule has 0 N–H and O–H groups in total. The normalized spacial score (nSPS) is 12.8. The summed E-state index contributed by atoms with van der Waals surface area (Å²) in [4.78, 5) is 5.31. The van der Waals surface area contributed by atoms with E-state index in [2.05, 4.69) is 17.9 Å². The summed E-state index contributed by atoms with van der Waals surface area (Å²) in [7, 11) is 0. The molecule has 0 aliphatic carbocycles. The predicted molar refractivity (Wildman–Crippen MR) is 28.6 cm³/mol. The van der Waals surface area contributed by atoms with Gasteiger partial charge in [0.2, 0.25) is 6.34 Å². The van der Waals surface area contributed by atoms with Crippen LogP contribution in [0.25, 0.3) is 0 Å². The quantitative estimate of drug-likeness (QED) is 0.367. The summed E-state index contributed by atoms with van der Waals surface area (Å²) in [6.45, 7) is 3.49. The lowest BCUT2D eigenvalue weighted by molar-refractivity contribution is -0.00000146. The van der Waals surface area contributed by atoms with Gasteiger partial charge in [0.15, 0.2) is 12.4 Å². The molecule has 8 heavy (non-hydrogen) atoms. The van der Waals surface area contributed by atoms with E-state index in [-0.39, 0.29) is 12.4 Å². The Morgan fingerprint density at radius 1 is 1.75 bits per heavy atom. The first kappa shape index (κ1) is 7.15. The van der Waals surface area contributed by atoms with E-state index in [9.17, 15) is 0 Å². The van der Waals surface area contributed by atoms with Crippen LogP contribution in [0.3, 0.4) is 0 Å². The van der Waals surface area contributed by atoms with E-state index in [1.54, 1.807) is 23.5 Å². The molecule has 0 bridgehead atoms. The van der Waals surface area contributed by atoms with Crippen molar-refractivity contribution in [2.45, 2.75) is 0 Å². The van der Waals surface area contributed by atoms with E-state index >= 15 is 0 Å². The Bertz CT molecular complexity index is 116. The molecule has 3 heteroatoms. The fourth-order valence-electron chi connectivity index (χ4n) is 0.340. The third-order valence-electron chi connectivity index (χ3n) is 0.672. The van der Waals surface area contributed by atoms with Gasteiger partial charge in [0.25, 0.3) is 0 Å². The lowest BCUT2D eigenvalue weighted by Gasteiger charge is -1.83. The molecule has 1 heterocycles. The zero-order chi connectivity index (χ0) is 5.11. The zero-order valence-corrected chi connectivity index (χ0v) is 4.97. The minimum absolute atomic E-state index is 0. The van der Waals surface area contributed by atoms with Gasteiger partial charge in [-0.1, -0.05) is 4.99 Å². The fraction of sp³-hybridized carbons (Fsp3) is 0. The summed E-state index contributed by atoms with van der Waals surface area (Å²) < 4.78 is 0. The van der Waals surface area contributed by atoms with Crippen molar-refractivity contribution in [3.05, 3.63) is 25.2 Å². The maximum Gasteiger partial charge on any atom is 0.223 e. The monoisotopic (exact) mass is 128 g/mol. The van der Waals surface area contributed by atoms with Gasteiger partial charge in [0.05, 0.1) is 6.20 Å². The van der Waals surface area contributed by atoms with Gasteiger partial charge < -0.3 is 12.4 Å². The molecule has 0 unspecified atom stereocenters. The minimum Gasteiger partial charge on any atom is -1.00 e. The second-order valence-electron chi connectivity index (χ2n) is 1.12. The Balaban J connectivity index is 0.000000490. The van der Waals surface area contributed by atoms with Crippen molar-refractivity contribution in [1.29, 1.82) is 0 Å². The minimum atomic E-state index is 0. The first-order valence-corrected chi connectivity index (χ1v) is 1.96. The molecule has 0 radical (unpaired) electrons. The van der Waals surface area contributed by atoms with Gasteiger partial charge in [-0.2, -0.15) is 0 Å². The fourth-order valence-corrected chi connectivity index (χ4v) is 0.340. The van der Waals surface area contributed by atoms with Crippen LogP contribution in [-0.4, -0.2) is 11.2 Å². The van der Waals surface area contributed by atoms with Gasteiger partial charge in [-0.05, 0) is 6.58 Å². The van der Waals surface area contributed by atoms with Crippen molar-refractivity contribution in [3.63, 3.8) is 0 Å². The maximum atomic E-state index is 3.66. The first-order chi connectivity index (χ1) is 3.43. The van der Waals surface area contributed by atoms with Gasteiger partial charge >= 0.3 is 0 Å². The molecule has 1 rings (SSSR count). The van der Waals surface area contributed by atoms with Crippen LogP contribution in [0.1, 0.15) is 0 Å². The third kappa shape index (κ3) is 1.34. The Kier molecular flexibility index (Phi) is 2.85. The molecule has 42 valence electrons. The lowest BCUT2D eigenvalue weighted by atomic mass is 10.8. The molecule has 1 aliphatic heterocycles. The van der Waals surface area contributed by atoms with Crippen LogP contribution in [0.4, 0.5) is 0 Å². The molecule has 2 nitrogen and oxygen atoms in total. The number of aliphatic imine (C=N–C) groups is 1. The summed E-state index contributed by atoms with van der Waals surface area (Å²) in [5.74, 6) is 0. The van der Waals surface area contributed by atoms with Crippen molar-refractivity contribution < 1.29 is 12.4 Å². The Morgan fingerprint density at radius 3 is 2.75 bits per heavy atom. The maximum absolute atomic E-state index is 3.66. The van der Waals surface area contributed by atoms with Gasteiger partial charge in [-0.15, -0.1) is 4.90 Å². The van der Waals surface area contributed by atoms with E-state index in [1.807, 2.05) is 0 Å². The third-order valence-corrected chi connectivity index (χ3v) is 0.672. The molecule has 0 saturated carbocycles. The molecule has 1 aliphatic rings. The Hall–Kier alpha value is -0.850. The number of hydrogen-bond donors (Lipinski definition) is 0. The highest BCUT2D eigenvalue weighted by Crippen LogP contribution is 1.92. The second-order valence-corrected chi connectivity index (χ2v) is 1.12. The molecule has 0 fully saturated rings. The van der Waals surface area contributed by atoms with Crippen molar-refractivity contribution in [1.82, 2.24) is 4.90 Å². The number of rotatable bonds is 1. The highest BCUT2D eigenvalue weighted by atomic mass is 35.5. The van der Waals surface area contributed by atoms with Crippen LogP contribution in [0, 0.1) is 0 Å². The van der Waals surface area contributed by atoms with Crippen LogP contribution in [0.15, 0.2) is 30.2 Å². The van der Waals surface area contributed by atoms with Gasteiger partial charge in [0, 0.05) is 0 Å². The molecular formula is C5H5ClN2. The standard InChI is InChI=1S/C5H5N2.ClH/c1-2-7-4-3-6-5-7;/h2-4H,1H2;1H/q+1;/p-1. The largest absolute Gasteiger partial charge is 1.00 e. The molecule has 0 spiro atoms. The molecule has 0 aromatic rings. The average Bonchev–Trinajstić information content (AvgIpc) is 2.14. The average molecular weight is 129 g/mol. The molecule has 0 amide bonds. The second kappa shape index (κ2) is 3.19. The molecular weight excluding hydrogens is 124 g/mol. The van der Waals surface area contributed by atoms with Crippen LogP contribution in [-0.2, 0) is 0 Å². The van der Waals surface area contributed by atoms with Gasteiger partial charge in [-0.3, -0.25) is 0 Å². The number of hydrogen-bond acceptors (Lipinski definition) is 2. The van der Waals surface area contributed by atoms with Crippen molar-refractivity contribution in [3.8, 4) is 0 Å². The summed E-state index contributed by atoms with van der Waals surface area (Å²) in [5, 5.41) is 0. The smallest absolute Gasteiger partial charge is 0.223 e. The van der Waals surface area contributed by atoms with Gasteiger partial charge in [-0.25, -0.2) is 0 Å². The molecule has 0 atom stereocenters. The van der Waals surface area contributed by atoms with E-state index < -0.39 is 0 Å². The zero-order valence-electron chi connectivity index (χ0n) is 4.21. The van der Waals surface area contributed by atoms with E-state index in [0.717, 1.165) is 0 Å². The van der Waals surface area contributed by atoms with Crippen molar-refractivity contribution in [2.75, 3.05) is 0 Å². The first-order valence-electron chi connectivity index (χ1n) is 1.96. The highest BCUT2D eigenvalue weighted by molar-refractivity contribution is 5.61. The molecule has 0 saturated heterocycles. The molecule has 0 aromatic heterocycles. The number of halogens is 1. The SMILES string of the molecule is C=CN1[C+]=NC=C1.[Cl-]. The summed E-state index contributed by atoms with van der Waals surface area (Å²) in [5.41, 5.74) is 0. The highest BCUT2D eigenvalue weighted by Gasteiger charge is 2.01. The topological polar surface area (TPSA) is 15.6 Å². The summed E-state index contributed by atoms with van der Waals surface area (Å²) in [6, 6.07) is 0. The van der Waals surface area contributed by atoms with Crippen LogP contribution < -0.4 is 12.4 Å². The van der Waals surface area contributed by atoms with Crippen molar-refractivity contribution in [2.24, 2.45) is 4.99 Å². The molecule has 0 aromatic carbocycles. The van der Waals surface area contributed by atoms with Crippen LogP contribution >= 0.6 is 0 Å².